The number of hydrogen-bond donors (Lipinski definition) is 2. The summed E-state index contributed by atoms with van der Waals surface area (Å²) < 4.78 is 0. The SMILES string of the molecule is CCC(NC(=O)N1CCCC(N(C)CC(=O)O)CC1)c1cccc(Cl)c1. The maximum absolute atomic E-state index is 12.7. The second-order valence-corrected chi connectivity index (χ2v) is 7.28. The van der Waals surface area contributed by atoms with Gasteiger partial charge in [0.15, 0.2) is 0 Å². The van der Waals surface area contributed by atoms with Crippen molar-refractivity contribution in [2.24, 2.45) is 0 Å². The first kappa shape index (κ1) is 20.5. The number of aliphatic carboxylic acids is 1. The highest BCUT2D eigenvalue weighted by molar-refractivity contribution is 6.30. The molecule has 1 fully saturated rings. The number of rotatable bonds is 6. The minimum Gasteiger partial charge on any atom is -0.480 e. The van der Waals surface area contributed by atoms with Crippen molar-refractivity contribution in [1.29, 1.82) is 0 Å². The quantitative estimate of drug-likeness (QED) is 0.792. The van der Waals surface area contributed by atoms with Crippen LogP contribution < -0.4 is 5.32 Å². The molecule has 0 aliphatic carbocycles. The van der Waals surface area contributed by atoms with Gasteiger partial charge < -0.3 is 15.3 Å². The number of amides is 2. The molecule has 2 N–H and O–H groups in total. The summed E-state index contributed by atoms with van der Waals surface area (Å²) in [7, 11) is 1.83. The maximum atomic E-state index is 12.7. The largest absolute Gasteiger partial charge is 0.480 e. The van der Waals surface area contributed by atoms with Crippen LogP contribution in [-0.2, 0) is 4.79 Å². The fraction of sp³-hybridized carbons (Fsp3) is 0.579. The fourth-order valence-corrected chi connectivity index (χ4v) is 3.65. The molecule has 7 heteroatoms. The molecule has 144 valence electrons. The van der Waals surface area contributed by atoms with E-state index in [9.17, 15) is 9.59 Å². The van der Waals surface area contributed by atoms with Gasteiger partial charge in [-0.25, -0.2) is 4.79 Å². The topological polar surface area (TPSA) is 72.9 Å². The summed E-state index contributed by atoms with van der Waals surface area (Å²) in [5, 5.41) is 12.7. The van der Waals surface area contributed by atoms with E-state index in [-0.39, 0.29) is 24.7 Å². The third kappa shape index (κ3) is 5.88. The predicted molar refractivity (Wildman–Crippen MR) is 102 cm³/mol. The van der Waals surface area contributed by atoms with Crippen LogP contribution in [0, 0.1) is 0 Å². The number of carboxylic acids is 1. The number of halogens is 1. The molecule has 0 bridgehead atoms. The van der Waals surface area contributed by atoms with Crippen molar-refractivity contribution in [3.63, 3.8) is 0 Å². The molecular weight excluding hydrogens is 354 g/mol. The van der Waals surface area contributed by atoms with E-state index in [2.05, 4.69) is 5.32 Å². The monoisotopic (exact) mass is 381 g/mol. The van der Waals surface area contributed by atoms with Gasteiger partial charge in [0.1, 0.15) is 0 Å². The third-order valence-electron chi connectivity index (χ3n) is 4.95. The molecule has 1 saturated heterocycles. The highest BCUT2D eigenvalue weighted by atomic mass is 35.5. The number of urea groups is 1. The summed E-state index contributed by atoms with van der Waals surface area (Å²) in [5.74, 6) is -0.821. The van der Waals surface area contributed by atoms with E-state index in [1.165, 1.54) is 0 Å². The molecule has 1 aliphatic heterocycles. The molecule has 2 rings (SSSR count). The van der Waals surface area contributed by atoms with Gasteiger partial charge in [-0.2, -0.15) is 0 Å². The number of nitrogens with one attached hydrogen (secondary N) is 1. The van der Waals surface area contributed by atoms with Crippen LogP contribution in [0.25, 0.3) is 0 Å². The molecule has 1 aliphatic rings. The highest BCUT2D eigenvalue weighted by Crippen LogP contribution is 2.21. The number of carboxylic acid groups (broad SMARTS) is 1. The van der Waals surface area contributed by atoms with Crippen LogP contribution in [0.5, 0.6) is 0 Å². The first-order chi connectivity index (χ1) is 12.4. The molecular formula is C19H28ClN3O3. The molecule has 1 aromatic carbocycles. The molecule has 0 radical (unpaired) electrons. The van der Waals surface area contributed by atoms with Crippen molar-refractivity contribution in [2.75, 3.05) is 26.7 Å². The highest BCUT2D eigenvalue weighted by Gasteiger charge is 2.25. The van der Waals surface area contributed by atoms with Gasteiger partial charge in [0.25, 0.3) is 0 Å². The maximum Gasteiger partial charge on any atom is 0.317 e. The molecule has 26 heavy (non-hydrogen) atoms. The Kier molecular flexibility index (Phi) is 7.72. The lowest BCUT2D eigenvalue weighted by Gasteiger charge is -2.27. The Balaban J connectivity index is 1.93. The lowest BCUT2D eigenvalue weighted by atomic mass is 10.1. The molecule has 6 nitrogen and oxygen atoms in total. The van der Waals surface area contributed by atoms with E-state index in [1.807, 2.05) is 48.0 Å². The molecule has 1 aromatic rings. The Labute approximate surface area is 160 Å². The van der Waals surface area contributed by atoms with Crippen LogP contribution in [0.3, 0.4) is 0 Å². The first-order valence-electron chi connectivity index (χ1n) is 9.13. The van der Waals surface area contributed by atoms with E-state index >= 15 is 0 Å². The fourth-order valence-electron chi connectivity index (χ4n) is 3.45. The van der Waals surface area contributed by atoms with Gasteiger partial charge in [-0.05, 0) is 50.4 Å². The Morgan fingerprint density at radius 2 is 2.15 bits per heavy atom. The Morgan fingerprint density at radius 1 is 1.38 bits per heavy atom. The number of hydrogen-bond acceptors (Lipinski definition) is 3. The Bertz CT molecular complexity index is 626. The lowest BCUT2D eigenvalue weighted by molar-refractivity contribution is -0.138. The molecule has 2 unspecified atom stereocenters. The van der Waals surface area contributed by atoms with Crippen LogP contribution in [0.4, 0.5) is 4.79 Å². The van der Waals surface area contributed by atoms with Gasteiger partial charge in [-0.1, -0.05) is 30.7 Å². The zero-order chi connectivity index (χ0) is 19.1. The standard InChI is InChI=1S/C19H28ClN3O3/c1-3-17(14-6-4-7-15(20)12-14)21-19(26)23-10-5-8-16(9-11-23)22(2)13-18(24)25/h4,6-7,12,16-17H,3,5,8-11,13H2,1-2H3,(H,21,26)(H,24,25). The smallest absolute Gasteiger partial charge is 0.317 e. The van der Waals surface area contributed by atoms with Gasteiger partial charge in [0, 0.05) is 24.2 Å². The van der Waals surface area contributed by atoms with Crippen LogP contribution in [0.15, 0.2) is 24.3 Å². The number of likely N-dealkylation sites (tertiary alicyclic amines) is 1. The average molecular weight is 382 g/mol. The van der Waals surface area contributed by atoms with Crippen molar-refractivity contribution in [1.82, 2.24) is 15.1 Å². The normalized spacial score (nSPS) is 19.1. The molecule has 0 saturated carbocycles. The van der Waals surface area contributed by atoms with Crippen LogP contribution in [0.1, 0.15) is 44.2 Å². The van der Waals surface area contributed by atoms with Gasteiger partial charge in [0.2, 0.25) is 0 Å². The van der Waals surface area contributed by atoms with Gasteiger partial charge >= 0.3 is 12.0 Å². The average Bonchev–Trinajstić information content (AvgIpc) is 2.85. The number of benzene rings is 1. The minimum absolute atomic E-state index is 0.0313. The summed E-state index contributed by atoms with van der Waals surface area (Å²) in [4.78, 5) is 27.3. The van der Waals surface area contributed by atoms with E-state index in [4.69, 9.17) is 16.7 Å². The molecule has 2 amide bonds. The number of likely N-dealkylation sites (N-methyl/N-ethyl adjacent to an activating group) is 1. The molecule has 0 aromatic heterocycles. The van der Waals surface area contributed by atoms with Crippen molar-refractivity contribution in [2.45, 2.75) is 44.7 Å². The summed E-state index contributed by atoms with van der Waals surface area (Å²) in [5.41, 5.74) is 1.00. The zero-order valence-corrected chi connectivity index (χ0v) is 16.2. The summed E-state index contributed by atoms with van der Waals surface area (Å²) in [6, 6.07) is 7.62. The van der Waals surface area contributed by atoms with E-state index < -0.39 is 5.97 Å². The van der Waals surface area contributed by atoms with Crippen molar-refractivity contribution in [3.8, 4) is 0 Å². The Morgan fingerprint density at radius 3 is 2.81 bits per heavy atom. The summed E-state index contributed by atoms with van der Waals surface area (Å²) in [6.07, 6.45) is 3.34. The van der Waals surface area contributed by atoms with Crippen molar-refractivity contribution < 1.29 is 14.7 Å². The van der Waals surface area contributed by atoms with Gasteiger partial charge in [0.05, 0.1) is 12.6 Å². The predicted octanol–water partition coefficient (Wildman–Crippen LogP) is 3.37. The summed E-state index contributed by atoms with van der Waals surface area (Å²) >= 11 is 6.06. The van der Waals surface area contributed by atoms with Crippen LogP contribution in [-0.4, -0.2) is 59.6 Å². The second kappa shape index (κ2) is 9.78. The van der Waals surface area contributed by atoms with Gasteiger partial charge in [-0.15, -0.1) is 0 Å². The number of carbonyl (C=O) groups excluding carboxylic acids is 1. The van der Waals surface area contributed by atoms with Crippen molar-refractivity contribution in [3.05, 3.63) is 34.9 Å². The van der Waals surface area contributed by atoms with Gasteiger partial charge in [-0.3, -0.25) is 9.69 Å². The summed E-state index contributed by atoms with van der Waals surface area (Å²) in [6.45, 7) is 3.39. The lowest BCUT2D eigenvalue weighted by Crippen LogP contribution is -2.42. The van der Waals surface area contributed by atoms with E-state index in [0.29, 0.717) is 18.1 Å². The van der Waals surface area contributed by atoms with E-state index in [0.717, 1.165) is 31.2 Å². The first-order valence-corrected chi connectivity index (χ1v) is 9.51. The molecule has 2 atom stereocenters. The Hall–Kier alpha value is -1.79. The number of carbonyl (C=O) groups is 2. The molecule has 1 heterocycles. The van der Waals surface area contributed by atoms with Crippen LogP contribution >= 0.6 is 11.6 Å². The van der Waals surface area contributed by atoms with Crippen molar-refractivity contribution >= 4 is 23.6 Å². The zero-order valence-electron chi connectivity index (χ0n) is 15.4. The van der Waals surface area contributed by atoms with E-state index in [1.54, 1.807) is 0 Å². The second-order valence-electron chi connectivity index (χ2n) is 6.85. The number of nitrogens with zero attached hydrogens (tertiary/aromatic N) is 2. The molecule has 0 spiro atoms. The minimum atomic E-state index is -0.821. The third-order valence-corrected chi connectivity index (χ3v) is 5.18. The van der Waals surface area contributed by atoms with Crippen LogP contribution in [0.2, 0.25) is 5.02 Å².